The maximum Gasteiger partial charge on any atom is 0.324 e. The second-order valence-corrected chi connectivity index (χ2v) is 17.1. The number of pyridine rings is 1. The number of ether oxygens (including phenoxy) is 2. The monoisotopic (exact) mass is 770 g/mol. The third-order valence-electron chi connectivity index (χ3n) is 11.5. The van der Waals surface area contributed by atoms with Crippen molar-refractivity contribution in [3.05, 3.63) is 58.2 Å². The van der Waals surface area contributed by atoms with Gasteiger partial charge in [0.25, 0.3) is 5.91 Å². The van der Waals surface area contributed by atoms with Gasteiger partial charge in [-0.2, -0.15) is 0 Å². The molecule has 3 aliphatic rings. The summed E-state index contributed by atoms with van der Waals surface area (Å²) in [4.78, 5) is 55.3. The van der Waals surface area contributed by atoms with Gasteiger partial charge in [-0.05, 0) is 84.0 Å². The van der Waals surface area contributed by atoms with Crippen LogP contribution in [0.5, 0.6) is 0 Å². The van der Waals surface area contributed by atoms with Gasteiger partial charge in [-0.1, -0.05) is 19.9 Å². The smallest absolute Gasteiger partial charge is 0.324 e. The summed E-state index contributed by atoms with van der Waals surface area (Å²) in [5, 5.41) is 8.37. The number of likely N-dealkylation sites (N-methyl/N-ethyl adjacent to an activating group) is 1. The van der Waals surface area contributed by atoms with Crippen molar-refractivity contribution in [2.45, 2.75) is 97.1 Å². The Labute approximate surface area is 327 Å². The highest BCUT2D eigenvalue weighted by Gasteiger charge is 2.42. The summed E-state index contributed by atoms with van der Waals surface area (Å²) >= 11 is 1.47. The molecule has 294 valence electrons. The van der Waals surface area contributed by atoms with E-state index in [1.54, 1.807) is 18.2 Å². The first-order chi connectivity index (χ1) is 26.3. The minimum atomic E-state index is -0.893. The summed E-state index contributed by atoms with van der Waals surface area (Å²) in [6, 6.07) is 8.91. The second kappa shape index (κ2) is 15.6. The summed E-state index contributed by atoms with van der Waals surface area (Å²) in [6.07, 6.45) is 3.56. The second-order valence-electron chi connectivity index (χ2n) is 16.1. The number of cyclic esters (lactones) is 1. The standard InChI is InChI=1S/C41H54N8O5S/c1-9-47-33-15-14-26-18-28(33)29(37(47)27-12-10-16-42-36(27)25(3)53-8)20-41(4,5)23-54-39(51)30-13-11-17-49(45-30)38(50)31(19-35-43-32(26)22-55-35)44-40(52)48-21-34(24(48)2)46(6)7/h10,12,14-16,18,22,24-25,30-31,34,45H,9,11,13,17,19-21,23H2,1-8H3,(H,44,52)/t24-,25+,30+,31?,34-/m1/s1. The van der Waals surface area contributed by atoms with Crippen molar-refractivity contribution in [3.8, 4) is 22.5 Å². The van der Waals surface area contributed by atoms with Crippen LogP contribution >= 0.6 is 11.3 Å². The van der Waals surface area contributed by atoms with Gasteiger partial charge in [0.2, 0.25) is 0 Å². The summed E-state index contributed by atoms with van der Waals surface area (Å²) in [5.41, 5.74) is 9.63. The normalized spacial score (nSPS) is 23.7. The van der Waals surface area contributed by atoms with Crippen LogP contribution in [0.1, 0.15) is 69.8 Å². The van der Waals surface area contributed by atoms with Crippen LogP contribution in [0, 0.1) is 5.41 Å². The highest BCUT2D eigenvalue weighted by molar-refractivity contribution is 7.10. The molecule has 0 saturated carbocycles. The van der Waals surface area contributed by atoms with Gasteiger partial charge in [-0.15, -0.1) is 11.3 Å². The maximum atomic E-state index is 14.2. The van der Waals surface area contributed by atoms with Crippen LogP contribution in [0.15, 0.2) is 41.9 Å². The van der Waals surface area contributed by atoms with Gasteiger partial charge in [0.05, 0.1) is 34.8 Å². The number of rotatable bonds is 6. The number of carbonyl (C=O) groups excluding carboxylic acids is 3. The highest BCUT2D eigenvalue weighted by atomic mass is 32.1. The van der Waals surface area contributed by atoms with E-state index in [4.69, 9.17) is 19.4 Å². The molecule has 3 amide bonds. The van der Waals surface area contributed by atoms with Gasteiger partial charge in [0, 0.05) is 84.3 Å². The Morgan fingerprint density at radius 2 is 2.04 bits per heavy atom. The van der Waals surface area contributed by atoms with E-state index in [1.165, 1.54) is 16.3 Å². The molecule has 55 heavy (non-hydrogen) atoms. The molecule has 4 aromatic rings. The number of urea groups is 1. The van der Waals surface area contributed by atoms with Gasteiger partial charge in [0.15, 0.2) is 0 Å². The zero-order valence-electron chi connectivity index (χ0n) is 33.2. The average molecular weight is 771 g/mol. The first-order valence-corrected chi connectivity index (χ1v) is 20.2. The highest BCUT2D eigenvalue weighted by Crippen LogP contribution is 2.42. The summed E-state index contributed by atoms with van der Waals surface area (Å²) in [7, 11) is 5.71. The molecule has 0 aliphatic carbocycles. The third-order valence-corrected chi connectivity index (χ3v) is 12.4. The molecule has 5 atom stereocenters. The number of likely N-dealkylation sites (tertiary alicyclic amines) is 1. The molecule has 2 saturated heterocycles. The molecule has 14 heteroatoms. The van der Waals surface area contributed by atoms with Crippen molar-refractivity contribution in [2.24, 2.45) is 5.41 Å². The largest absolute Gasteiger partial charge is 0.464 e. The van der Waals surface area contributed by atoms with Gasteiger partial charge in [-0.25, -0.2) is 15.2 Å². The van der Waals surface area contributed by atoms with E-state index < -0.39 is 23.5 Å². The molecule has 7 rings (SSSR count). The molecule has 3 aliphatic heterocycles. The van der Waals surface area contributed by atoms with E-state index in [-0.39, 0.29) is 43.2 Å². The Morgan fingerprint density at radius 1 is 1.24 bits per heavy atom. The van der Waals surface area contributed by atoms with E-state index >= 15 is 0 Å². The van der Waals surface area contributed by atoms with Gasteiger partial charge in [-0.3, -0.25) is 19.6 Å². The van der Waals surface area contributed by atoms with Crippen LogP contribution in [-0.4, -0.2) is 112 Å². The van der Waals surface area contributed by atoms with Crippen LogP contribution < -0.4 is 10.7 Å². The van der Waals surface area contributed by atoms with E-state index in [0.717, 1.165) is 56.2 Å². The van der Waals surface area contributed by atoms with E-state index in [0.29, 0.717) is 32.4 Å². The van der Waals surface area contributed by atoms with Gasteiger partial charge < -0.3 is 29.2 Å². The molecule has 1 aromatic carbocycles. The summed E-state index contributed by atoms with van der Waals surface area (Å²) in [6.45, 7) is 12.3. The number of hydrogen-bond acceptors (Lipinski definition) is 10. The number of aromatic nitrogens is 3. The summed E-state index contributed by atoms with van der Waals surface area (Å²) in [5.74, 6) is -0.707. The fourth-order valence-electron chi connectivity index (χ4n) is 8.25. The fourth-order valence-corrected chi connectivity index (χ4v) is 9.10. The molecule has 6 bridgehead atoms. The van der Waals surface area contributed by atoms with Crippen molar-refractivity contribution in [1.29, 1.82) is 0 Å². The number of methoxy groups -OCH3 is 1. The van der Waals surface area contributed by atoms with Crippen LogP contribution in [0.3, 0.4) is 0 Å². The maximum absolute atomic E-state index is 14.2. The van der Waals surface area contributed by atoms with Crippen molar-refractivity contribution in [3.63, 3.8) is 0 Å². The Kier molecular flexibility index (Phi) is 11.1. The number of carbonyl (C=O) groups is 3. The van der Waals surface area contributed by atoms with Crippen molar-refractivity contribution >= 4 is 40.1 Å². The van der Waals surface area contributed by atoms with Gasteiger partial charge >= 0.3 is 12.0 Å². The molecule has 2 N–H and O–H groups in total. The van der Waals surface area contributed by atoms with Gasteiger partial charge in [0.1, 0.15) is 12.1 Å². The van der Waals surface area contributed by atoms with Crippen LogP contribution in [0.4, 0.5) is 4.79 Å². The zero-order valence-corrected chi connectivity index (χ0v) is 34.0. The Morgan fingerprint density at radius 3 is 2.76 bits per heavy atom. The number of benzene rings is 1. The third kappa shape index (κ3) is 7.61. The Balaban J connectivity index is 1.32. The molecule has 0 radical (unpaired) electrons. The molecule has 6 heterocycles. The lowest BCUT2D eigenvalue weighted by Gasteiger charge is -2.49. The van der Waals surface area contributed by atoms with Crippen LogP contribution in [0.2, 0.25) is 0 Å². The number of hydrogen-bond donors (Lipinski definition) is 2. The number of hydrazine groups is 1. The Bertz CT molecular complexity index is 2080. The lowest BCUT2D eigenvalue weighted by Crippen LogP contribution is -2.69. The topological polar surface area (TPSA) is 134 Å². The molecule has 1 unspecified atom stereocenters. The SMILES string of the molecule is CCn1c(-c2cccnc2[C@H](C)OC)c2c3cc(ccc31)-c1csc(n1)CC(NC(=O)N1C[C@@H](N(C)C)[C@H]1C)C(=O)N1CCC[C@H](N1)C(=O)OCC(C)(C)C2. The lowest BCUT2D eigenvalue weighted by molar-refractivity contribution is -0.155. The molecule has 2 fully saturated rings. The first-order valence-electron chi connectivity index (χ1n) is 19.4. The number of nitrogens with zero attached hydrogens (tertiary/aromatic N) is 6. The van der Waals surface area contributed by atoms with Crippen LogP contribution in [-0.2, 0) is 38.4 Å². The van der Waals surface area contributed by atoms with Crippen molar-refractivity contribution in [2.75, 3.05) is 40.9 Å². The number of nitrogens with one attached hydrogen (secondary N) is 2. The number of thiazole rings is 1. The first kappa shape index (κ1) is 38.9. The minimum Gasteiger partial charge on any atom is -0.464 e. The van der Waals surface area contributed by atoms with E-state index in [9.17, 15) is 14.4 Å². The number of esters is 1. The predicted molar refractivity (Wildman–Crippen MR) is 213 cm³/mol. The number of aryl methyl sites for hydroxylation is 1. The molecule has 0 spiro atoms. The molecule has 3 aromatic heterocycles. The number of amides is 3. The predicted octanol–water partition coefficient (Wildman–Crippen LogP) is 5.43. The molecule has 13 nitrogen and oxygen atoms in total. The Hall–Kier alpha value is -4.37. The number of fused-ring (bicyclic) bond motifs is 6. The molecular formula is C41H54N8O5S. The lowest BCUT2D eigenvalue weighted by atomic mass is 9.84. The van der Waals surface area contributed by atoms with E-state index in [1.807, 2.05) is 39.4 Å². The quantitative estimate of drug-likeness (QED) is 0.246. The molecular weight excluding hydrogens is 717 g/mol. The van der Waals surface area contributed by atoms with Crippen molar-refractivity contribution < 1.29 is 23.9 Å². The van der Waals surface area contributed by atoms with Crippen molar-refractivity contribution in [1.82, 2.24) is 40.1 Å². The zero-order chi connectivity index (χ0) is 39.2. The fraction of sp³-hybridized carbons (Fsp3) is 0.537. The minimum absolute atomic E-state index is 0.00306. The average Bonchev–Trinajstić information content (AvgIpc) is 3.76. The van der Waals surface area contributed by atoms with Crippen LogP contribution in [0.25, 0.3) is 33.4 Å². The summed E-state index contributed by atoms with van der Waals surface area (Å²) < 4.78 is 14.2. The van der Waals surface area contributed by atoms with E-state index in [2.05, 4.69) is 65.2 Å².